The van der Waals surface area contributed by atoms with Gasteiger partial charge in [0.25, 0.3) is 0 Å². The van der Waals surface area contributed by atoms with Crippen LogP contribution in [0, 0.1) is 11.8 Å². The van der Waals surface area contributed by atoms with Gasteiger partial charge in [-0.3, -0.25) is 38.4 Å². The van der Waals surface area contributed by atoms with E-state index in [9.17, 15) is 43.5 Å². The van der Waals surface area contributed by atoms with Crippen molar-refractivity contribution in [3.8, 4) is 0 Å². The van der Waals surface area contributed by atoms with E-state index in [4.69, 9.17) is 10.5 Å². The number of carbonyl (C=O) groups is 8. The molecule has 0 bridgehead atoms. The van der Waals surface area contributed by atoms with E-state index in [-0.39, 0.29) is 69.9 Å². The van der Waals surface area contributed by atoms with Gasteiger partial charge in [0.1, 0.15) is 12.1 Å². The number of hydrogen-bond acceptors (Lipinski definition) is 9. The first kappa shape index (κ1) is 44.5. The van der Waals surface area contributed by atoms with Crippen LogP contribution in [0.15, 0.2) is 60.7 Å². The average Bonchev–Trinajstić information content (AvgIpc) is 3.65. The van der Waals surface area contributed by atoms with Gasteiger partial charge in [-0.15, -0.1) is 0 Å². The molecule has 1 aliphatic carbocycles. The molecule has 57 heavy (non-hydrogen) atoms. The van der Waals surface area contributed by atoms with Crippen LogP contribution in [0.1, 0.15) is 114 Å². The highest BCUT2D eigenvalue weighted by Crippen LogP contribution is 2.29. The molecule has 1 saturated heterocycles. The minimum absolute atomic E-state index is 0.0342. The van der Waals surface area contributed by atoms with Crippen molar-refractivity contribution in [2.24, 2.45) is 17.6 Å². The Hall–Kier alpha value is -5.24. The fraction of sp³-hybridized carbons (Fsp3) is 0.535. The summed E-state index contributed by atoms with van der Waals surface area (Å²) in [6, 6.07) is 14.5. The fourth-order valence-electron chi connectivity index (χ4n) is 7.65. The SMILES string of the molecule is CCCC(CC(=O)[C@@H]1C[C@@H](OCc2ccccc2)CN1C(=O)[C@H](CCCC(=O)O)NC(=O)C1CCCCC1)C(=O)C(=O)CCC(=O)N[C@H](C(N)=O)c1ccccc1. The molecule has 14 nitrogen and oxygen atoms in total. The maximum atomic E-state index is 14.4. The predicted octanol–water partition coefficient (Wildman–Crippen LogP) is 4.13. The van der Waals surface area contributed by atoms with Crippen molar-refractivity contribution in [2.45, 2.75) is 128 Å². The predicted molar refractivity (Wildman–Crippen MR) is 209 cm³/mol. The molecule has 0 aromatic heterocycles. The van der Waals surface area contributed by atoms with Crippen LogP contribution < -0.4 is 16.4 Å². The molecular weight excluding hydrogens is 732 g/mol. The summed E-state index contributed by atoms with van der Waals surface area (Å²) in [7, 11) is 0. The van der Waals surface area contributed by atoms with E-state index in [1.54, 1.807) is 30.3 Å². The topological polar surface area (TPSA) is 219 Å². The molecule has 4 amide bonds. The van der Waals surface area contributed by atoms with Gasteiger partial charge in [-0.25, -0.2) is 0 Å². The largest absolute Gasteiger partial charge is 0.481 e. The summed E-state index contributed by atoms with van der Waals surface area (Å²) in [5.41, 5.74) is 6.85. The molecule has 0 radical (unpaired) electrons. The number of benzene rings is 2. The lowest BCUT2D eigenvalue weighted by Gasteiger charge is -2.30. The normalized spacial score (nSPS) is 18.5. The number of rotatable bonds is 23. The van der Waals surface area contributed by atoms with Crippen molar-refractivity contribution in [1.29, 1.82) is 0 Å². The van der Waals surface area contributed by atoms with E-state index in [0.29, 0.717) is 24.8 Å². The van der Waals surface area contributed by atoms with Crippen LogP contribution in [0.25, 0.3) is 0 Å². The number of primary amides is 1. The second-order valence-corrected chi connectivity index (χ2v) is 15.1. The van der Waals surface area contributed by atoms with E-state index >= 15 is 0 Å². The van der Waals surface area contributed by atoms with Gasteiger partial charge in [-0.1, -0.05) is 93.3 Å². The smallest absolute Gasteiger partial charge is 0.303 e. The van der Waals surface area contributed by atoms with Crippen LogP contribution in [0.4, 0.5) is 0 Å². The Morgan fingerprint density at radius 3 is 2.16 bits per heavy atom. The number of amides is 4. The highest BCUT2D eigenvalue weighted by Gasteiger charge is 2.43. The zero-order chi connectivity index (χ0) is 41.3. The third-order valence-corrected chi connectivity index (χ3v) is 10.8. The van der Waals surface area contributed by atoms with Crippen LogP contribution in [0.2, 0.25) is 0 Å². The third kappa shape index (κ3) is 13.7. The molecule has 1 saturated carbocycles. The van der Waals surface area contributed by atoms with Gasteiger partial charge in [-0.2, -0.15) is 0 Å². The van der Waals surface area contributed by atoms with Crippen molar-refractivity contribution >= 4 is 46.9 Å². The van der Waals surface area contributed by atoms with Gasteiger partial charge in [0.15, 0.2) is 11.6 Å². The molecule has 2 aromatic carbocycles. The van der Waals surface area contributed by atoms with E-state index in [0.717, 1.165) is 24.8 Å². The van der Waals surface area contributed by atoms with Crippen molar-refractivity contribution in [3.63, 3.8) is 0 Å². The third-order valence-electron chi connectivity index (χ3n) is 10.8. The molecule has 5 N–H and O–H groups in total. The van der Waals surface area contributed by atoms with Gasteiger partial charge in [0.2, 0.25) is 29.4 Å². The number of hydrogen-bond donors (Lipinski definition) is 4. The molecule has 0 spiro atoms. The molecule has 1 aliphatic heterocycles. The summed E-state index contributed by atoms with van der Waals surface area (Å²) in [5, 5.41) is 14.7. The lowest BCUT2D eigenvalue weighted by molar-refractivity contribution is -0.144. The summed E-state index contributed by atoms with van der Waals surface area (Å²) in [6.45, 7) is 2.07. The Labute approximate surface area is 333 Å². The monoisotopic (exact) mass is 788 g/mol. The zero-order valence-electron chi connectivity index (χ0n) is 32.7. The molecule has 2 aliphatic rings. The van der Waals surface area contributed by atoms with Gasteiger partial charge in [0, 0.05) is 50.5 Å². The Kier molecular flexibility index (Phi) is 17.5. The summed E-state index contributed by atoms with van der Waals surface area (Å²) in [6.07, 6.45) is 3.29. The number of nitrogens with one attached hydrogen (secondary N) is 2. The minimum Gasteiger partial charge on any atom is -0.481 e. The molecule has 2 fully saturated rings. The summed E-state index contributed by atoms with van der Waals surface area (Å²) < 4.78 is 6.18. The number of Topliss-reactive ketones (excluding diaryl/α,β-unsaturated/α-hetero) is 3. The number of carboxylic acids is 1. The maximum absolute atomic E-state index is 14.4. The second kappa shape index (κ2) is 22.5. The summed E-state index contributed by atoms with van der Waals surface area (Å²) in [4.78, 5) is 106. The first-order chi connectivity index (χ1) is 27.4. The first-order valence-corrected chi connectivity index (χ1v) is 20.1. The maximum Gasteiger partial charge on any atom is 0.303 e. The number of likely N-dealkylation sites (tertiary alicyclic amines) is 1. The quantitative estimate of drug-likeness (QED) is 0.118. The molecular formula is C43H56N4O10. The van der Waals surface area contributed by atoms with Gasteiger partial charge in [0.05, 0.1) is 18.8 Å². The Morgan fingerprint density at radius 2 is 1.53 bits per heavy atom. The van der Waals surface area contributed by atoms with Crippen LogP contribution in [0.5, 0.6) is 0 Å². The van der Waals surface area contributed by atoms with E-state index < -0.39 is 77.6 Å². The van der Waals surface area contributed by atoms with Crippen LogP contribution >= 0.6 is 0 Å². The highest BCUT2D eigenvalue weighted by molar-refractivity contribution is 6.38. The van der Waals surface area contributed by atoms with Gasteiger partial charge in [-0.05, 0) is 43.2 Å². The number of carboxylic acid groups (broad SMARTS) is 1. The number of ketones is 3. The van der Waals surface area contributed by atoms with Gasteiger partial charge >= 0.3 is 5.97 Å². The standard InChI is InChI=1S/C43H56N4O10/c1-2-13-31(40(53)35(48)22-23-37(50)46-39(41(44)54)29-16-8-4-9-17-29)24-36(49)34-25-32(57-27-28-14-6-3-7-15-28)26-47(34)43(56)33(20-12-21-38(51)52)45-42(55)30-18-10-5-11-19-30/h3-4,6-9,14-17,30-34,39H,2,5,10-13,18-27H2,1H3,(H2,44,54)(H,45,55)(H,46,50)(H,51,52)/t31?,32-,33+,34+,39+/m1/s1. The molecule has 308 valence electrons. The Morgan fingerprint density at radius 1 is 0.860 bits per heavy atom. The molecule has 1 unspecified atom stereocenters. The number of aliphatic carboxylic acids is 1. The summed E-state index contributed by atoms with van der Waals surface area (Å²) >= 11 is 0. The van der Waals surface area contributed by atoms with E-state index in [1.807, 2.05) is 37.3 Å². The van der Waals surface area contributed by atoms with Crippen molar-refractivity contribution < 1.29 is 48.2 Å². The molecule has 14 heteroatoms. The lowest BCUT2D eigenvalue weighted by Crippen LogP contribution is -2.53. The number of nitrogens with two attached hydrogens (primary N) is 1. The van der Waals surface area contributed by atoms with E-state index in [2.05, 4.69) is 10.6 Å². The fourth-order valence-corrected chi connectivity index (χ4v) is 7.65. The number of nitrogens with zero attached hydrogens (tertiary/aromatic N) is 1. The Bertz CT molecular complexity index is 1710. The lowest BCUT2D eigenvalue weighted by atomic mass is 9.87. The number of carbonyl (C=O) groups excluding carboxylic acids is 7. The molecule has 2 aromatic rings. The molecule has 4 rings (SSSR count). The molecule has 1 heterocycles. The number of ether oxygens (including phenoxy) is 1. The Balaban J connectivity index is 1.47. The van der Waals surface area contributed by atoms with E-state index in [1.165, 1.54) is 4.90 Å². The van der Waals surface area contributed by atoms with Crippen molar-refractivity contribution in [1.82, 2.24) is 15.5 Å². The van der Waals surface area contributed by atoms with Crippen LogP contribution in [-0.4, -0.2) is 81.7 Å². The van der Waals surface area contributed by atoms with Gasteiger partial charge < -0.3 is 31.1 Å². The average molecular weight is 789 g/mol. The summed E-state index contributed by atoms with van der Waals surface area (Å²) in [5.74, 6) is -6.61. The zero-order valence-corrected chi connectivity index (χ0v) is 32.7. The second-order valence-electron chi connectivity index (χ2n) is 15.1. The first-order valence-electron chi connectivity index (χ1n) is 20.1. The van der Waals surface area contributed by atoms with Crippen LogP contribution in [0.3, 0.4) is 0 Å². The van der Waals surface area contributed by atoms with Crippen LogP contribution in [-0.2, 0) is 49.7 Å². The van der Waals surface area contributed by atoms with Crippen molar-refractivity contribution in [2.75, 3.05) is 6.54 Å². The minimum atomic E-state index is -1.12. The van der Waals surface area contributed by atoms with Crippen molar-refractivity contribution in [3.05, 3.63) is 71.8 Å². The highest BCUT2D eigenvalue weighted by atomic mass is 16.5. The molecule has 5 atom stereocenters.